The summed E-state index contributed by atoms with van der Waals surface area (Å²) in [5.74, 6) is 2.23. The summed E-state index contributed by atoms with van der Waals surface area (Å²) in [6.45, 7) is 3.61. The van der Waals surface area contributed by atoms with Crippen molar-refractivity contribution in [3.63, 3.8) is 0 Å². The molecule has 4 aliphatic rings. The molecule has 4 fully saturated rings. The number of hydrogen-bond acceptors (Lipinski definition) is 7. The lowest BCUT2D eigenvalue weighted by Gasteiger charge is -2.41. The predicted molar refractivity (Wildman–Crippen MR) is 144 cm³/mol. The maximum absolute atomic E-state index is 13.9. The van der Waals surface area contributed by atoms with Gasteiger partial charge in [0.1, 0.15) is 5.84 Å². The highest BCUT2D eigenvalue weighted by molar-refractivity contribution is 5.83. The van der Waals surface area contributed by atoms with E-state index in [1.807, 2.05) is 0 Å². The highest BCUT2D eigenvalue weighted by Crippen LogP contribution is 2.44. The molecule has 210 valence electrons. The van der Waals surface area contributed by atoms with Gasteiger partial charge in [-0.15, -0.1) is 0 Å². The van der Waals surface area contributed by atoms with Crippen LogP contribution in [-0.4, -0.2) is 83.5 Å². The Morgan fingerprint density at radius 3 is 2.43 bits per heavy atom. The van der Waals surface area contributed by atoms with E-state index in [-0.39, 0.29) is 35.9 Å². The monoisotopic (exact) mass is 519 g/mol. The number of nitrogens with one attached hydrogen (secondary N) is 1. The molecule has 6 unspecified atom stereocenters. The van der Waals surface area contributed by atoms with E-state index in [9.17, 15) is 14.8 Å². The average Bonchev–Trinajstić information content (AvgIpc) is 3.26. The first-order valence-corrected chi connectivity index (χ1v) is 14.6. The van der Waals surface area contributed by atoms with Crippen LogP contribution < -0.4 is 22.5 Å². The van der Waals surface area contributed by atoms with Gasteiger partial charge in [0.05, 0.1) is 6.04 Å². The highest BCUT2D eigenvalue weighted by Gasteiger charge is 2.49. The van der Waals surface area contributed by atoms with Crippen LogP contribution in [0.1, 0.15) is 77.0 Å². The maximum Gasteiger partial charge on any atom is 0.239 e. The van der Waals surface area contributed by atoms with Gasteiger partial charge in [-0.2, -0.15) is 0 Å². The molecule has 2 aliphatic heterocycles. The van der Waals surface area contributed by atoms with Crippen LogP contribution in [0, 0.1) is 23.7 Å². The van der Waals surface area contributed by atoms with Gasteiger partial charge in [0.2, 0.25) is 11.8 Å². The topological polar surface area (TPSA) is 163 Å². The fraction of sp³-hybridized carbons (Fsp3) is 0.889. The molecule has 0 aromatic heterocycles. The Morgan fingerprint density at radius 1 is 0.946 bits per heavy atom. The molecule has 0 spiro atoms. The Balaban J connectivity index is 1.46. The van der Waals surface area contributed by atoms with Crippen molar-refractivity contribution < 1.29 is 14.8 Å². The molecule has 2 heterocycles. The van der Waals surface area contributed by atoms with Gasteiger partial charge < -0.3 is 32.6 Å². The third-order valence-corrected chi connectivity index (χ3v) is 9.62. The van der Waals surface area contributed by atoms with Crippen molar-refractivity contribution in [1.29, 1.82) is 0 Å². The van der Waals surface area contributed by atoms with Gasteiger partial charge in [0.15, 0.2) is 0 Å². The number of nitrogens with two attached hydrogens (primary N) is 3. The Kier molecular flexibility index (Phi) is 10.1. The molecule has 0 radical (unpaired) electrons. The van der Waals surface area contributed by atoms with Crippen molar-refractivity contribution in [3.8, 4) is 0 Å². The SMILES string of the molecule is NCCC(=O)NC1CCCC(CN2C(C(=O)N3CCC(CCN)CC3)CC3CCC(/C(N)=N/O)CC32)C1. The largest absolute Gasteiger partial charge is 0.409 e. The standard InChI is InChI=1S/C27H49N7O3/c28-10-6-18-8-12-33(13-9-18)27(36)24-15-20-4-5-21(26(30)32-37)16-23(20)34(24)17-19-2-1-3-22(14-19)31-25(35)7-11-29/h18-24,37H,1-17,28-29H2,(H2,30,32)(H,31,35). The first-order valence-electron chi connectivity index (χ1n) is 14.6. The van der Waals surface area contributed by atoms with E-state index >= 15 is 0 Å². The lowest BCUT2D eigenvalue weighted by Crippen LogP contribution is -2.52. The zero-order valence-corrected chi connectivity index (χ0v) is 22.4. The van der Waals surface area contributed by atoms with Gasteiger partial charge in [-0.05, 0) is 88.5 Å². The van der Waals surface area contributed by atoms with Crippen LogP contribution in [0.4, 0.5) is 0 Å². The van der Waals surface area contributed by atoms with E-state index in [1.54, 1.807) is 0 Å². The lowest BCUT2D eigenvalue weighted by molar-refractivity contribution is -0.138. The van der Waals surface area contributed by atoms with Gasteiger partial charge in [0, 0.05) is 50.6 Å². The van der Waals surface area contributed by atoms with Crippen LogP contribution in [0.3, 0.4) is 0 Å². The second-order valence-corrected chi connectivity index (χ2v) is 12.0. The van der Waals surface area contributed by atoms with Crippen molar-refractivity contribution in [1.82, 2.24) is 15.1 Å². The van der Waals surface area contributed by atoms with Gasteiger partial charge >= 0.3 is 0 Å². The van der Waals surface area contributed by atoms with E-state index in [0.29, 0.717) is 36.6 Å². The first kappa shape index (κ1) is 28.1. The van der Waals surface area contributed by atoms with Crippen molar-refractivity contribution in [2.75, 3.05) is 32.7 Å². The van der Waals surface area contributed by atoms with Crippen molar-refractivity contribution in [3.05, 3.63) is 0 Å². The normalized spacial score (nSPS) is 33.8. The molecular weight excluding hydrogens is 470 g/mol. The number of hydrogen-bond donors (Lipinski definition) is 5. The molecule has 0 bridgehead atoms. The maximum atomic E-state index is 13.9. The Morgan fingerprint density at radius 2 is 1.73 bits per heavy atom. The summed E-state index contributed by atoms with van der Waals surface area (Å²) in [7, 11) is 0. The number of oxime groups is 1. The molecule has 0 aromatic rings. The number of carbonyl (C=O) groups excluding carboxylic acids is 2. The first-order chi connectivity index (χ1) is 17.9. The number of amidine groups is 1. The third-order valence-electron chi connectivity index (χ3n) is 9.62. The van der Waals surface area contributed by atoms with E-state index in [0.717, 1.165) is 96.8 Å². The van der Waals surface area contributed by atoms with E-state index in [2.05, 4.69) is 20.3 Å². The Bertz CT molecular complexity index is 801. The van der Waals surface area contributed by atoms with E-state index < -0.39 is 0 Å². The fourth-order valence-corrected chi connectivity index (χ4v) is 7.60. The molecule has 10 nitrogen and oxygen atoms in total. The number of fused-ring (bicyclic) bond motifs is 1. The highest BCUT2D eigenvalue weighted by atomic mass is 16.4. The minimum Gasteiger partial charge on any atom is -0.409 e. The van der Waals surface area contributed by atoms with Crippen LogP contribution in [0.5, 0.6) is 0 Å². The van der Waals surface area contributed by atoms with E-state index in [1.165, 1.54) is 0 Å². The summed E-state index contributed by atoms with van der Waals surface area (Å²) < 4.78 is 0. The molecule has 37 heavy (non-hydrogen) atoms. The minimum absolute atomic E-state index is 0.0365. The van der Waals surface area contributed by atoms with Gasteiger partial charge in [-0.3, -0.25) is 14.5 Å². The third kappa shape index (κ3) is 6.95. The summed E-state index contributed by atoms with van der Waals surface area (Å²) in [6.07, 6.45) is 11.3. The summed E-state index contributed by atoms with van der Waals surface area (Å²) in [5, 5.41) is 15.8. The second kappa shape index (κ2) is 13.2. The Hall–Kier alpha value is -1.91. The molecule has 10 heteroatoms. The second-order valence-electron chi connectivity index (χ2n) is 12.0. The average molecular weight is 520 g/mol. The molecule has 0 aromatic carbocycles. The number of carbonyl (C=O) groups is 2. The van der Waals surface area contributed by atoms with Crippen molar-refractivity contribution >= 4 is 17.6 Å². The minimum atomic E-state index is -0.0979. The zero-order chi connectivity index (χ0) is 26.4. The van der Waals surface area contributed by atoms with Crippen LogP contribution >= 0.6 is 0 Å². The van der Waals surface area contributed by atoms with Gasteiger partial charge in [-0.1, -0.05) is 11.6 Å². The van der Waals surface area contributed by atoms with Crippen LogP contribution in [0.2, 0.25) is 0 Å². The number of rotatable bonds is 9. The molecule has 6 atom stereocenters. The molecule has 2 saturated heterocycles. The number of likely N-dealkylation sites (tertiary alicyclic amines) is 2. The summed E-state index contributed by atoms with van der Waals surface area (Å²) in [5.41, 5.74) is 17.4. The number of piperidine rings is 1. The van der Waals surface area contributed by atoms with Gasteiger partial charge in [-0.25, -0.2) is 0 Å². The van der Waals surface area contributed by atoms with Gasteiger partial charge in [0.25, 0.3) is 0 Å². The smallest absolute Gasteiger partial charge is 0.239 e. The van der Waals surface area contributed by atoms with Crippen molar-refractivity contribution in [2.24, 2.45) is 46.0 Å². The van der Waals surface area contributed by atoms with Crippen molar-refractivity contribution in [2.45, 2.75) is 95.2 Å². The molecule has 4 rings (SSSR count). The van der Waals surface area contributed by atoms with Crippen LogP contribution in [-0.2, 0) is 9.59 Å². The van der Waals surface area contributed by atoms with E-state index in [4.69, 9.17) is 17.2 Å². The quantitative estimate of drug-likeness (QED) is 0.132. The fourth-order valence-electron chi connectivity index (χ4n) is 7.60. The molecule has 2 aliphatic carbocycles. The summed E-state index contributed by atoms with van der Waals surface area (Å²) in [4.78, 5) is 30.7. The number of nitrogens with zero attached hydrogens (tertiary/aromatic N) is 3. The van der Waals surface area contributed by atoms with Crippen LogP contribution in [0.15, 0.2) is 5.16 Å². The molecule has 2 saturated carbocycles. The molecule has 8 N–H and O–H groups in total. The Labute approximate surface area is 221 Å². The van der Waals surface area contributed by atoms with Crippen LogP contribution in [0.25, 0.3) is 0 Å². The molecule has 2 amide bonds. The molecular formula is C27H49N7O3. The lowest BCUT2D eigenvalue weighted by atomic mass is 9.77. The predicted octanol–water partition coefficient (Wildman–Crippen LogP) is 1.20. The zero-order valence-electron chi connectivity index (χ0n) is 22.4. The summed E-state index contributed by atoms with van der Waals surface area (Å²) in [6, 6.07) is 0.359. The summed E-state index contributed by atoms with van der Waals surface area (Å²) >= 11 is 0. The number of amides is 2.